The average molecular weight is 501 g/mol. The molecule has 1 amide bonds. The summed E-state index contributed by atoms with van der Waals surface area (Å²) in [7, 11) is -3.96. The highest BCUT2D eigenvalue weighted by atomic mass is 35.5. The van der Waals surface area contributed by atoms with Gasteiger partial charge in [0, 0.05) is 11.6 Å². The topological polar surface area (TPSA) is 75.7 Å². The molecule has 0 saturated carbocycles. The molecule has 0 heterocycles. The fourth-order valence-corrected chi connectivity index (χ4v) is 5.01. The molecule has 3 aromatic rings. The van der Waals surface area contributed by atoms with Crippen molar-refractivity contribution in [3.8, 4) is 5.75 Å². The number of carbonyl (C=O) groups excluding carboxylic acids is 1. The van der Waals surface area contributed by atoms with Gasteiger partial charge in [-0.3, -0.25) is 9.10 Å². The lowest BCUT2D eigenvalue weighted by molar-refractivity contribution is -0.119. The number of sulfonamides is 1. The summed E-state index contributed by atoms with van der Waals surface area (Å²) < 4.78 is 33.2. The molecule has 0 unspecified atom stereocenters. The molecule has 1 N–H and O–H groups in total. The third kappa shape index (κ3) is 6.74. The molecule has 0 fully saturated rings. The van der Waals surface area contributed by atoms with E-state index in [1.54, 1.807) is 36.4 Å². The number of halogens is 1. The lowest BCUT2D eigenvalue weighted by Crippen LogP contribution is -2.41. The molecule has 0 aliphatic rings. The third-order valence-electron chi connectivity index (χ3n) is 5.26. The number of aryl methyl sites for hydroxylation is 2. The minimum atomic E-state index is -3.96. The van der Waals surface area contributed by atoms with Gasteiger partial charge in [0.15, 0.2) is 0 Å². The summed E-state index contributed by atoms with van der Waals surface area (Å²) in [5.41, 5.74) is 2.30. The van der Waals surface area contributed by atoms with Crippen molar-refractivity contribution in [2.24, 2.45) is 0 Å². The second kappa shape index (κ2) is 11.9. The number of nitrogens with one attached hydrogen (secondary N) is 1. The Morgan fingerprint density at radius 2 is 1.74 bits per heavy atom. The molecule has 8 heteroatoms. The first-order valence-electron chi connectivity index (χ1n) is 11.1. The zero-order valence-electron chi connectivity index (χ0n) is 19.3. The van der Waals surface area contributed by atoms with E-state index in [4.69, 9.17) is 16.3 Å². The van der Waals surface area contributed by atoms with E-state index in [0.29, 0.717) is 23.9 Å². The van der Waals surface area contributed by atoms with Crippen LogP contribution in [0.25, 0.3) is 0 Å². The van der Waals surface area contributed by atoms with Gasteiger partial charge in [-0.2, -0.15) is 0 Å². The number of benzene rings is 3. The maximum atomic E-state index is 13.3. The van der Waals surface area contributed by atoms with Crippen LogP contribution >= 0.6 is 11.6 Å². The minimum absolute atomic E-state index is 0.106. The Balaban J connectivity index is 1.66. The van der Waals surface area contributed by atoms with Gasteiger partial charge in [-0.25, -0.2) is 8.42 Å². The molecule has 0 atom stereocenters. The Labute approximate surface area is 206 Å². The van der Waals surface area contributed by atoms with E-state index < -0.39 is 10.0 Å². The SMILES string of the molecule is CCOc1ccc(CCCNC(=O)CN(c2ccc(C)c(Cl)c2)S(=O)(=O)c2ccccc2)cc1. The molecule has 0 bridgehead atoms. The number of amides is 1. The summed E-state index contributed by atoms with van der Waals surface area (Å²) >= 11 is 6.25. The molecule has 0 saturated heterocycles. The van der Waals surface area contributed by atoms with Crippen LogP contribution in [0, 0.1) is 6.92 Å². The van der Waals surface area contributed by atoms with E-state index in [9.17, 15) is 13.2 Å². The zero-order valence-corrected chi connectivity index (χ0v) is 20.9. The molecule has 0 aromatic heterocycles. The van der Waals surface area contributed by atoms with Crippen LogP contribution in [0.5, 0.6) is 5.75 Å². The third-order valence-corrected chi connectivity index (χ3v) is 7.46. The lowest BCUT2D eigenvalue weighted by Gasteiger charge is -2.24. The first-order valence-corrected chi connectivity index (χ1v) is 13.0. The molecule has 0 spiro atoms. The second-order valence-electron chi connectivity index (χ2n) is 7.79. The highest BCUT2D eigenvalue weighted by Gasteiger charge is 2.27. The summed E-state index contributed by atoms with van der Waals surface area (Å²) in [6.45, 7) is 4.48. The van der Waals surface area contributed by atoms with Crippen molar-refractivity contribution >= 4 is 33.2 Å². The van der Waals surface area contributed by atoms with E-state index in [2.05, 4.69) is 5.32 Å². The average Bonchev–Trinajstić information content (AvgIpc) is 2.84. The first-order chi connectivity index (χ1) is 16.3. The van der Waals surface area contributed by atoms with Crippen molar-refractivity contribution in [1.29, 1.82) is 0 Å². The Kier molecular flexibility index (Phi) is 8.96. The number of anilines is 1. The van der Waals surface area contributed by atoms with Crippen molar-refractivity contribution in [1.82, 2.24) is 5.32 Å². The largest absolute Gasteiger partial charge is 0.494 e. The van der Waals surface area contributed by atoms with Crippen molar-refractivity contribution in [2.45, 2.75) is 31.6 Å². The molecular formula is C26H29ClN2O4S. The van der Waals surface area contributed by atoms with Gasteiger partial charge in [0.05, 0.1) is 17.2 Å². The molecule has 3 aromatic carbocycles. The predicted octanol–water partition coefficient (Wildman–Crippen LogP) is 4.99. The van der Waals surface area contributed by atoms with Crippen molar-refractivity contribution in [3.05, 3.63) is 88.9 Å². The van der Waals surface area contributed by atoms with Gasteiger partial charge in [0.25, 0.3) is 10.0 Å². The quantitative estimate of drug-likeness (QED) is 0.376. The van der Waals surface area contributed by atoms with Crippen LogP contribution in [0.3, 0.4) is 0 Å². The Morgan fingerprint density at radius 3 is 2.38 bits per heavy atom. The van der Waals surface area contributed by atoms with Crippen LogP contribution in [0.2, 0.25) is 5.02 Å². The highest BCUT2D eigenvalue weighted by Crippen LogP contribution is 2.28. The van der Waals surface area contributed by atoms with Crippen molar-refractivity contribution in [3.63, 3.8) is 0 Å². The smallest absolute Gasteiger partial charge is 0.264 e. The van der Waals surface area contributed by atoms with Crippen LogP contribution in [0.15, 0.2) is 77.7 Å². The molecule has 3 rings (SSSR count). The summed E-state index contributed by atoms with van der Waals surface area (Å²) in [5, 5.41) is 3.26. The van der Waals surface area contributed by atoms with Crippen LogP contribution in [0.1, 0.15) is 24.5 Å². The molecule has 34 heavy (non-hydrogen) atoms. The van der Waals surface area contributed by atoms with Gasteiger partial charge < -0.3 is 10.1 Å². The summed E-state index contributed by atoms with van der Waals surface area (Å²) in [6, 6.07) is 20.9. The van der Waals surface area contributed by atoms with E-state index in [-0.39, 0.29) is 17.3 Å². The van der Waals surface area contributed by atoms with E-state index >= 15 is 0 Å². The number of rotatable bonds is 11. The van der Waals surface area contributed by atoms with Crippen LogP contribution in [-0.2, 0) is 21.2 Å². The van der Waals surface area contributed by atoms with Gasteiger partial charge in [-0.1, -0.05) is 48.0 Å². The number of nitrogens with zero attached hydrogens (tertiary/aromatic N) is 1. The number of hydrogen-bond acceptors (Lipinski definition) is 4. The highest BCUT2D eigenvalue weighted by molar-refractivity contribution is 7.92. The standard InChI is InChI=1S/C26H29ClN2O4S/c1-3-33-23-15-12-21(13-16-23)8-7-17-28-26(30)19-29(22-14-11-20(2)25(27)18-22)34(31,32)24-9-5-4-6-10-24/h4-6,9-16,18H,3,7-8,17,19H2,1-2H3,(H,28,30). The van der Waals surface area contributed by atoms with Gasteiger partial charge in [0.2, 0.25) is 5.91 Å². The van der Waals surface area contributed by atoms with Crippen molar-refractivity contribution < 1.29 is 17.9 Å². The van der Waals surface area contributed by atoms with Gasteiger partial charge in [-0.15, -0.1) is 0 Å². The van der Waals surface area contributed by atoms with E-state index in [0.717, 1.165) is 34.0 Å². The fraction of sp³-hybridized carbons (Fsp3) is 0.269. The Morgan fingerprint density at radius 1 is 1.03 bits per heavy atom. The van der Waals surface area contributed by atoms with E-state index in [1.165, 1.54) is 12.1 Å². The maximum absolute atomic E-state index is 13.3. The van der Waals surface area contributed by atoms with Gasteiger partial charge in [-0.05, 0) is 74.2 Å². The summed E-state index contributed by atoms with van der Waals surface area (Å²) in [5.74, 6) is 0.443. The van der Waals surface area contributed by atoms with Crippen LogP contribution in [0.4, 0.5) is 5.69 Å². The molecule has 180 valence electrons. The van der Waals surface area contributed by atoms with Crippen molar-refractivity contribution in [2.75, 3.05) is 24.0 Å². The monoisotopic (exact) mass is 500 g/mol. The normalized spacial score (nSPS) is 11.1. The summed E-state index contributed by atoms with van der Waals surface area (Å²) in [6.07, 6.45) is 1.51. The number of hydrogen-bond donors (Lipinski definition) is 1. The summed E-state index contributed by atoms with van der Waals surface area (Å²) in [4.78, 5) is 12.8. The Hall–Kier alpha value is -3.03. The molecule has 0 aliphatic heterocycles. The Bertz CT molecular complexity index is 1200. The van der Waals surface area contributed by atoms with E-state index in [1.807, 2.05) is 38.1 Å². The first kappa shape index (κ1) is 25.6. The maximum Gasteiger partial charge on any atom is 0.264 e. The fourth-order valence-electron chi connectivity index (χ4n) is 3.40. The lowest BCUT2D eigenvalue weighted by atomic mass is 10.1. The molecule has 0 radical (unpaired) electrons. The zero-order chi connectivity index (χ0) is 24.6. The second-order valence-corrected chi connectivity index (χ2v) is 10.1. The van der Waals surface area contributed by atoms with Crippen LogP contribution < -0.4 is 14.4 Å². The molecular weight excluding hydrogens is 472 g/mol. The molecule has 0 aliphatic carbocycles. The van der Waals surface area contributed by atoms with Gasteiger partial charge >= 0.3 is 0 Å². The van der Waals surface area contributed by atoms with Gasteiger partial charge in [0.1, 0.15) is 12.3 Å². The molecule has 6 nitrogen and oxygen atoms in total. The number of ether oxygens (including phenoxy) is 1. The predicted molar refractivity (Wildman–Crippen MR) is 136 cm³/mol. The number of carbonyl (C=O) groups is 1. The van der Waals surface area contributed by atoms with Crippen LogP contribution in [-0.4, -0.2) is 34.0 Å². The minimum Gasteiger partial charge on any atom is -0.494 e.